The third-order valence-corrected chi connectivity index (χ3v) is 5.68. The SMILES string of the molecule is CO[C@@H]1CN(c2nnc(C)cc2C(=O)OC(C)C)CC[C@@H]1NC1CCCCC1. The highest BCUT2D eigenvalue weighted by molar-refractivity contribution is 5.95. The molecular weight excluding hydrogens is 356 g/mol. The molecule has 28 heavy (non-hydrogen) atoms. The molecule has 1 saturated carbocycles. The smallest absolute Gasteiger partial charge is 0.342 e. The molecule has 7 nitrogen and oxygen atoms in total. The average molecular weight is 391 g/mol. The van der Waals surface area contributed by atoms with Crippen molar-refractivity contribution in [1.82, 2.24) is 15.5 Å². The van der Waals surface area contributed by atoms with Crippen LogP contribution >= 0.6 is 0 Å². The summed E-state index contributed by atoms with van der Waals surface area (Å²) < 4.78 is 11.2. The molecule has 3 rings (SSSR count). The fourth-order valence-electron chi connectivity index (χ4n) is 4.25. The van der Waals surface area contributed by atoms with Crippen molar-refractivity contribution >= 4 is 11.8 Å². The molecule has 1 saturated heterocycles. The lowest BCUT2D eigenvalue weighted by atomic mass is 9.92. The Kier molecular flexibility index (Phi) is 7.24. The van der Waals surface area contributed by atoms with Crippen LogP contribution in [0.2, 0.25) is 0 Å². The fourth-order valence-corrected chi connectivity index (χ4v) is 4.25. The van der Waals surface area contributed by atoms with Gasteiger partial charge in [0.1, 0.15) is 5.56 Å². The summed E-state index contributed by atoms with van der Waals surface area (Å²) in [7, 11) is 1.76. The summed E-state index contributed by atoms with van der Waals surface area (Å²) >= 11 is 0. The molecular formula is C21H34N4O3. The predicted molar refractivity (Wildman–Crippen MR) is 109 cm³/mol. The topological polar surface area (TPSA) is 76.6 Å². The first-order valence-corrected chi connectivity index (χ1v) is 10.6. The molecule has 0 spiro atoms. The number of methoxy groups -OCH3 is 1. The lowest BCUT2D eigenvalue weighted by Crippen LogP contribution is -2.56. The summed E-state index contributed by atoms with van der Waals surface area (Å²) in [6.45, 7) is 7.02. The molecule has 156 valence electrons. The number of anilines is 1. The van der Waals surface area contributed by atoms with Gasteiger partial charge in [0.05, 0.1) is 17.9 Å². The van der Waals surface area contributed by atoms with Crippen molar-refractivity contribution in [1.29, 1.82) is 0 Å². The van der Waals surface area contributed by atoms with Gasteiger partial charge < -0.3 is 19.7 Å². The van der Waals surface area contributed by atoms with E-state index in [0.29, 0.717) is 35.7 Å². The molecule has 0 unspecified atom stereocenters. The molecule has 1 N–H and O–H groups in total. The molecule has 2 aliphatic rings. The van der Waals surface area contributed by atoms with E-state index in [2.05, 4.69) is 20.4 Å². The van der Waals surface area contributed by atoms with Gasteiger partial charge in [-0.1, -0.05) is 19.3 Å². The molecule has 1 aromatic heterocycles. The fraction of sp³-hybridized carbons (Fsp3) is 0.762. The Hall–Kier alpha value is -1.73. The number of nitrogens with one attached hydrogen (secondary N) is 1. The zero-order valence-electron chi connectivity index (χ0n) is 17.6. The lowest BCUT2D eigenvalue weighted by Gasteiger charge is -2.41. The predicted octanol–water partition coefficient (Wildman–Crippen LogP) is 2.87. The maximum atomic E-state index is 12.6. The first kappa shape index (κ1) is 21.0. The number of carbonyl (C=O) groups is 1. The Balaban J connectivity index is 1.72. The number of ether oxygens (including phenoxy) is 2. The monoisotopic (exact) mass is 390 g/mol. The van der Waals surface area contributed by atoms with E-state index in [1.165, 1.54) is 32.1 Å². The number of aromatic nitrogens is 2. The van der Waals surface area contributed by atoms with Crippen molar-refractivity contribution in [3.8, 4) is 0 Å². The molecule has 0 bridgehead atoms. The summed E-state index contributed by atoms with van der Waals surface area (Å²) in [6.07, 6.45) is 7.31. The quantitative estimate of drug-likeness (QED) is 0.749. The summed E-state index contributed by atoms with van der Waals surface area (Å²) in [4.78, 5) is 14.7. The standard InChI is InChI=1S/C21H34N4O3/c1-14(2)28-21(26)17-12-15(3)23-24-20(17)25-11-10-18(19(13-25)27-4)22-16-8-6-5-7-9-16/h12,14,16,18-19,22H,5-11,13H2,1-4H3/t18-,19+/m0/s1. The Morgan fingerprint density at radius 1 is 1.21 bits per heavy atom. The minimum atomic E-state index is -0.348. The number of hydrogen-bond acceptors (Lipinski definition) is 7. The van der Waals surface area contributed by atoms with E-state index in [1.54, 1.807) is 13.2 Å². The van der Waals surface area contributed by atoms with Gasteiger partial charge in [-0.05, 0) is 46.1 Å². The van der Waals surface area contributed by atoms with E-state index < -0.39 is 0 Å². The van der Waals surface area contributed by atoms with Crippen LogP contribution in [0, 0.1) is 6.92 Å². The number of rotatable bonds is 6. The molecule has 1 aliphatic heterocycles. The molecule has 2 heterocycles. The number of carbonyl (C=O) groups excluding carboxylic acids is 1. The van der Waals surface area contributed by atoms with Crippen LogP contribution < -0.4 is 10.2 Å². The van der Waals surface area contributed by atoms with Crippen molar-refractivity contribution in [2.75, 3.05) is 25.1 Å². The van der Waals surface area contributed by atoms with Crippen LogP contribution in [0.1, 0.15) is 68.4 Å². The van der Waals surface area contributed by atoms with Crippen molar-refractivity contribution in [2.45, 2.75) is 83.6 Å². The molecule has 7 heteroatoms. The number of piperidine rings is 1. The summed E-state index contributed by atoms with van der Waals surface area (Å²) in [5.41, 5.74) is 1.19. The molecule has 0 amide bonds. The van der Waals surface area contributed by atoms with Gasteiger partial charge in [0.15, 0.2) is 5.82 Å². The van der Waals surface area contributed by atoms with Crippen LogP contribution in [0.15, 0.2) is 6.07 Å². The normalized spacial score (nSPS) is 23.8. The Bertz CT molecular complexity index is 661. The zero-order chi connectivity index (χ0) is 20.1. The highest BCUT2D eigenvalue weighted by Crippen LogP contribution is 2.26. The van der Waals surface area contributed by atoms with Gasteiger partial charge in [0.25, 0.3) is 0 Å². The minimum absolute atomic E-state index is 0.0488. The van der Waals surface area contributed by atoms with Gasteiger partial charge in [0.2, 0.25) is 0 Å². The van der Waals surface area contributed by atoms with E-state index in [-0.39, 0.29) is 18.2 Å². The number of aryl methyl sites for hydroxylation is 1. The number of esters is 1. The number of nitrogens with zero attached hydrogens (tertiary/aromatic N) is 3. The van der Waals surface area contributed by atoms with Crippen LogP contribution in [0.5, 0.6) is 0 Å². The van der Waals surface area contributed by atoms with Crippen LogP contribution in [-0.4, -0.2) is 60.7 Å². The summed E-state index contributed by atoms with van der Waals surface area (Å²) in [5.74, 6) is 0.244. The van der Waals surface area contributed by atoms with E-state index in [4.69, 9.17) is 9.47 Å². The Morgan fingerprint density at radius 2 is 1.96 bits per heavy atom. The third kappa shape index (κ3) is 5.20. The van der Waals surface area contributed by atoms with Crippen molar-refractivity contribution in [3.05, 3.63) is 17.3 Å². The first-order chi connectivity index (χ1) is 13.5. The van der Waals surface area contributed by atoms with Crippen molar-refractivity contribution in [3.63, 3.8) is 0 Å². The summed E-state index contributed by atoms with van der Waals surface area (Å²) in [6, 6.07) is 2.69. The maximum absolute atomic E-state index is 12.6. The second-order valence-electron chi connectivity index (χ2n) is 8.29. The van der Waals surface area contributed by atoms with E-state index in [9.17, 15) is 4.79 Å². The first-order valence-electron chi connectivity index (χ1n) is 10.6. The third-order valence-electron chi connectivity index (χ3n) is 5.68. The van der Waals surface area contributed by atoms with Crippen molar-refractivity contribution < 1.29 is 14.3 Å². The lowest BCUT2D eigenvalue weighted by molar-refractivity contribution is 0.0374. The molecule has 1 aromatic rings. The highest BCUT2D eigenvalue weighted by Gasteiger charge is 2.33. The van der Waals surface area contributed by atoms with Crippen LogP contribution in [0.4, 0.5) is 5.82 Å². The van der Waals surface area contributed by atoms with E-state index >= 15 is 0 Å². The molecule has 0 aromatic carbocycles. The maximum Gasteiger partial charge on any atom is 0.342 e. The second-order valence-corrected chi connectivity index (χ2v) is 8.29. The molecule has 2 atom stereocenters. The molecule has 1 aliphatic carbocycles. The van der Waals surface area contributed by atoms with Crippen molar-refractivity contribution in [2.24, 2.45) is 0 Å². The zero-order valence-corrected chi connectivity index (χ0v) is 17.6. The largest absolute Gasteiger partial charge is 0.459 e. The second kappa shape index (κ2) is 9.65. The summed E-state index contributed by atoms with van der Waals surface area (Å²) in [5, 5.41) is 12.3. The number of hydrogen-bond donors (Lipinski definition) is 1. The highest BCUT2D eigenvalue weighted by atomic mass is 16.5. The van der Waals surface area contributed by atoms with Gasteiger partial charge in [-0.25, -0.2) is 4.79 Å². The van der Waals surface area contributed by atoms with Gasteiger partial charge >= 0.3 is 5.97 Å². The van der Waals surface area contributed by atoms with Gasteiger partial charge in [-0.3, -0.25) is 0 Å². The van der Waals surface area contributed by atoms with Gasteiger partial charge in [-0.2, -0.15) is 5.10 Å². The van der Waals surface area contributed by atoms with Gasteiger partial charge in [0, 0.05) is 32.3 Å². The Morgan fingerprint density at radius 3 is 2.64 bits per heavy atom. The van der Waals surface area contributed by atoms with Crippen LogP contribution in [-0.2, 0) is 9.47 Å². The van der Waals surface area contributed by atoms with E-state index in [1.807, 2.05) is 20.8 Å². The van der Waals surface area contributed by atoms with E-state index in [0.717, 1.165) is 13.0 Å². The molecule has 2 fully saturated rings. The van der Waals surface area contributed by atoms with Crippen LogP contribution in [0.3, 0.4) is 0 Å². The minimum Gasteiger partial charge on any atom is -0.459 e. The van der Waals surface area contributed by atoms with Gasteiger partial charge in [-0.15, -0.1) is 5.10 Å². The van der Waals surface area contributed by atoms with Crippen LogP contribution in [0.25, 0.3) is 0 Å². The Labute approximate surface area is 168 Å². The average Bonchev–Trinajstić information content (AvgIpc) is 2.68. The molecule has 0 radical (unpaired) electrons.